The van der Waals surface area contributed by atoms with Gasteiger partial charge in [-0.05, 0) is 12.1 Å². The summed E-state index contributed by atoms with van der Waals surface area (Å²) in [5.74, 6) is -0.907. The Morgan fingerprint density at radius 3 is 2.40 bits per heavy atom. The molecule has 0 bridgehead atoms. The Labute approximate surface area is 142 Å². The number of aromatic amines is 2. The van der Waals surface area contributed by atoms with Gasteiger partial charge in [0.1, 0.15) is 0 Å². The van der Waals surface area contributed by atoms with Gasteiger partial charge in [-0.2, -0.15) is 0 Å². The lowest BCUT2D eigenvalue weighted by atomic mass is 10.1. The summed E-state index contributed by atoms with van der Waals surface area (Å²) < 4.78 is 0. The van der Waals surface area contributed by atoms with Gasteiger partial charge >= 0.3 is 0 Å². The summed E-state index contributed by atoms with van der Waals surface area (Å²) in [4.78, 5) is 51.4. The highest BCUT2D eigenvalue weighted by atomic mass is 16.2. The van der Waals surface area contributed by atoms with Crippen molar-refractivity contribution in [2.75, 3.05) is 13.1 Å². The van der Waals surface area contributed by atoms with Crippen LogP contribution in [-0.2, 0) is 17.8 Å². The number of aromatic nitrogens is 2. The van der Waals surface area contributed by atoms with Crippen molar-refractivity contribution in [2.45, 2.75) is 19.4 Å². The van der Waals surface area contributed by atoms with E-state index in [9.17, 15) is 19.2 Å². The number of carbonyl (C=O) groups excluding carboxylic acids is 3. The molecule has 0 aliphatic carbocycles. The van der Waals surface area contributed by atoms with Gasteiger partial charge in [-0.25, -0.2) is 0 Å². The Kier molecular flexibility index (Phi) is 3.52. The Morgan fingerprint density at radius 1 is 1.04 bits per heavy atom. The molecule has 25 heavy (non-hydrogen) atoms. The first-order valence-corrected chi connectivity index (χ1v) is 8.07. The number of hydrogen-bond acceptors (Lipinski definition) is 4. The maximum atomic E-state index is 12.4. The van der Waals surface area contributed by atoms with Gasteiger partial charge in [0, 0.05) is 31.6 Å². The van der Waals surface area contributed by atoms with Crippen molar-refractivity contribution in [1.82, 2.24) is 20.0 Å². The molecule has 2 aliphatic rings. The highest BCUT2D eigenvalue weighted by Gasteiger charge is 2.35. The number of amides is 3. The van der Waals surface area contributed by atoms with Crippen LogP contribution < -0.4 is 5.56 Å². The molecule has 2 N–H and O–H groups in total. The molecule has 0 fully saturated rings. The summed E-state index contributed by atoms with van der Waals surface area (Å²) in [7, 11) is 0. The highest BCUT2D eigenvalue weighted by molar-refractivity contribution is 6.21. The normalized spacial score (nSPS) is 16.2. The zero-order valence-corrected chi connectivity index (χ0v) is 13.4. The minimum Gasteiger partial charge on any atom is -0.338 e. The molecule has 0 atom stereocenters. The summed E-state index contributed by atoms with van der Waals surface area (Å²) in [6.45, 7) is 0.787. The van der Waals surface area contributed by atoms with E-state index in [1.165, 1.54) is 0 Å². The number of benzene rings is 1. The molecule has 8 nitrogen and oxygen atoms in total. The van der Waals surface area contributed by atoms with Crippen molar-refractivity contribution in [3.63, 3.8) is 0 Å². The molecule has 3 heterocycles. The van der Waals surface area contributed by atoms with Gasteiger partial charge in [0.15, 0.2) is 0 Å². The fourth-order valence-electron chi connectivity index (χ4n) is 3.34. The van der Waals surface area contributed by atoms with Crippen molar-refractivity contribution >= 4 is 17.7 Å². The lowest BCUT2D eigenvalue weighted by molar-refractivity contribution is -0.132. The molecule has 0 spiro atoms. The minimum atomic E-state index is -0.364. The molecule has 4 rings (SSSR count). The van der Waals surface area contributed by atoms with E-state index in [-0.39, 0.29) is 42.8 Å². The van der Waals surface area contributed by atoms with E-state index in [1.54, 1.807) is 29.2 Å². The van der Waals surface area contributed by atoms with Gasteiger partial charge in [-0.3, -0.25) is 29.2 Å². The van der Waals surface area contributed by atoms with Crippen LogP contribution in [0.4, 0.5) is 0 Å². The monoisotopic (exact) mass is 340 g/mol. The van der Waals surface area contributed by atoms with E-state index in [1.807, 2.05) is 0 Å². The molecule has 2 aromatic rings. The van der Waals surface area contributed by atoms with E-state index < -0.39 is 0 Å². The molecule has 128 valence electrons. The summed E-state index contributed by atoms with van der Waals surface area (Å²) in [5, 5.41) is 5.33. The second-order valence-corrected chi connectivity index (χ2v) is 6.16. The fraction of sp³-hybridized carbons (Fsp3) is 0.294. The molecule has 0 radical (unpaired) electrons. The lowest BCUT2D eigenvalue weighted by Crippen LogP contribution is -2.40. The van der Waals surface area contributed by atoms with Crippen molar-refractivity contribution in [3.8, 4) is 0 Å². The Morgan fingerprint density at radius 2 is 1.72 bits per heavy atom. The zero-order chi connectivity index (χ0) is 17.6. The third-order valence-electron chi connectivity index (χ3n) is 4.73. The Bertz CT molecular complexity index is 907. The summed E-state index contributed by atoms with van der Waals surface area (Å²) in [5.41, 5.74) is 1.94. The third-order valence-corrected chi connectivity index (χ3v) is 4.73. The molecular formula is C17H16N4O4. The van der Waals surface area contributed by atoms with Crippen LogP contribution in [-0.4, -0.2) is 50.8 Å². The zero-order valence-electron chi connectivity index (χ0n) is 13.4. The number of carbonyl (C=O) groups is 3. The molecule has 2 aliphatic heterocycles. The minimum absolute atomic E-state index is 0.0397. The number of H-pyrrole nitrogens is 2. The predicted octanol–water partition coefficient (Wildman–Crippen LogP) is 0.274. The second kappa shape index (κ2) is 5.73. The van der Waals surface area contributed by atoms with Crippen molar-refractivity contribution < 1.29 is 14.4 Å². The predicted molar refractivity (Wildman–Crippen MR) is 87.0 cm³/mol. The maximum Gasteiger partial charge on any atom is 0.269 e. The average Bonchev–Trinajstić information content (AvgIpc) is 3.12. The van der Waals surface area contributed by atoms with Crippen molar-refractivity contribution in [1.29, 1.82) is 0 Å². The van der Waals surface area contributed by atoms with Gasteiger partial charge in [0.25, 0.3) is 17.4 Å². The number of fused-ring (bicyclic) bond motifs is 2. The topological polar surface area (TPSA) is 106 Å². The van der Waals surface area contributed by atoms with Gasteiger partial charge in [0.2, 0.25) is 5.91 Å². The van der Waals surface area contributed by atoms with Crippen LogP contribution in [0.25, 0.3) is 0 Å². The quantitative estimate of drug-likeness (QED) is 0.782. The largest absolute Gasteiger partial charge is 0.338 e. The molecule has 1 aromatic carbocycles. The fourth-order valence-corrected chi connectivity index (χ4v) is 3.34. The van der Waals surface area contributed by atoms with Crippen molar-refractivity contribution in [3.05, 3.63) is 57.0 Å². The number of rotatable bonds is 3. The summed E-state index contributed by atoms with van der Waals surface area (Å²) >= 11 is 0. The van der Waals surface area contributed by atoms with Gasteiger partial charge < -0.3 is 10.00 Å². The van der Waals surface area contributed by atoms with E-state index in [0.717, 1.165) is 10.6 Å². The van der Waals surface area contributed by atoms with E-state index in [2.05, 4.69) is 10.2 Å². The van der Waals surface area contributed by atoms with Crippen LogP contribution in [0.1, 0.15) is 38.4 Å². The van der Waals surface area contributed by atoms with Gasteiger partial charge in [0.05, 0.1) is 23.2 Å². The average molecular weight is 340 g/mol. The van der Waals surface area contributed by atoms with E-state index in [0.29, 0.717) is 29.7 Å². The molecule has 0 saturated carbocycles. The smallest absolute Gasteiger partial charge is 0.269 e. The SMILES string of the molecule is O=C(CCN1C(=O)c2ccccc2C1=O)N1CCc2[nH][nH]c(=O)c2C1. The molecule has 1 aromatic heterocycles. The third kappa shape index (κ3) is 2.46. The summed E-state index contributed by atoms with van der Waals surface area (Å²) in [6, 6.07) is 6.64. The number of hydrogen-bond donors (Lipinski definition) is 2. The van der Waals surface area contributed by atoms with Crippen molar-refractivity contribution in [2.24, 2.45) is 0 Å². The van der Waals surface area contributed by atoms with E-state index >= 15 is 0 Å². The van der Waals surface area contributed by atoms with Crippen LogP contribution in [0.15, 0.2) is 29.1 Å². The first-order chi connectivity index (χ1) is 12.1. The Balaban J connectivity index is 1.42. The first-order valence-electron chi connectivity index (χ1n) is 8.07. The van der Waals surface area contributed by atoms with Crippen LogP contribution in [0.2, 0.25) is 0 Å². The second-order valence-electron chi connectivity index (χ2n) is 6.16. The lowest BCUT2D eigenvalue weighted by Gasteiger charge is -2.26. The molecule has 0 saturated heterocycles. The molecular weight excluding hydrogens is 324 g/mol. The molecule has 8 heteroatoms. The number of nitrogens with one attached hydrogen (secondary N) is 2. The maximum absolute atomic E-state index is 12.4. The van der Waals surface area contributed by atoms with Crippen LogP contribution in [0.3, 0.4) is 0 Å². The highest BCUT2D eigenvalue weighted by Crippen LogP contribution is 2.23. The Hall–Kier alpha value is -3.16. The van der Waals surface area contributed by atoms with Crippen LogP contribution >= 0.6 is 0 Å². The van der Waals surface area contributed by atoms with E-state index in [4.69, 9.17) is 0 Å². The van der Waals surface area contributed by atoms with Crippen LogP contribution in [0, 0.1) is 0 Å². The number of nitrogens with zero attached hydrogens (tertiary/aromatic N) is 2. The van der Waals surface area contributed by atoms with Gasteiger partial charge in [-0.15, -0.1) is 0 Å². The molecule has 0 unspecified atom stereocenters. The molecule has 3 amide bonds. The summed E-state index contributed by atoms with van der Waals surface area (Å²) in [6.07, 6.45) is 0.621. The van der Waals surface area contributed by atoms with Crippen LogP contribution in [0.5, 0.6) is 0 Å². The first kappa shape index (κ1) is 15.4. The number of imide groups is 1. The van der Waals surface area contributed by atoms with Gasteiger partial charge in [-0.1, -0.05) is 12.1 Å². The standard InChI is InChI=1S/C17H16N4O4/c22-14(20-7-5-13-12(9-20)15(23)19-18-13)6-8-21-16(24)10-3-1-2-4-11(10)17(21)25/h1-4H,5-9H2,(H2,18,19,23).